The zero-order valence-electron chi connectivity index (χ0n) is 21.8. The van der Waals surface area contributed by atoms with Crippen molar-refractivity contribution in [1.82, 2.24) is 10.2 Å². The number of aliphatic imine (C=N–C) groups is 1. The van der Waals surface area contributed by atoms with E-state index < -0.39 is 5.54 Å². The summed E-state index contributed by atoms with van der Waals surface area (Å²) in [6.45, 7) is 6.38. The Kier molecular flexibility index (Phi) is 9.27. The zero-order valence-corrected chi connectivity index (χ0v) is 21.8. The number of aryl methyl sites for hydroxylation is 1. The van der Waals surface area contributed by atoms with Crippen molar-refractivity contribution in [2.45, 2.75) is 45.8 Å². The molecule has 0 saturated carbocycles. The summed E-state index contributed by atoms with van der Waals surface area (Å²) in [5.41, 5.74) is 8.98. The van der Waals surface area contributed by atoms with E-state index in [0.717, 1.165) is 17.5 Å². The van der Waals surface area contributed by atoms with Gasteiger partial charge in [0.1, 0.15) is 11.3 Å². The lowest BCUT2D eigenvalue weighted by molar-refractivity contribution is -0.130. The number of ether oxygens (including phenoxy) is 1. The third-order valence-electron chi connectivity index (χ3n) is 5.83. The van der Waals surface area contributed by atoms with Gasteiger partial charge < -0.3 is 21.1 Å². The normalized spacial score (nSPS) is 13.8. The van der Waals surface area contributed by atoms with Gasteiger partial charge in [0.05, 0.1) is 13.7 Å². The van der Waals surface area contributed by atoms with Crippen LogP contribution < -0.4 is 21.1 Å². The maximum Gasteiger partial charge on any atom is 0.319 e. The van der Waals surface area contributed by atoms with Gasteiger partial charge in [-0.2, -0.15) is 0 Å². The Morgan fingerprint density at radius 1 is 0.973 bits per heavy atom. The molecule has 4 rings (SSSR count). The molecule has 37 heavy (non-hydrogen) atoms. The van der Waals surface area contributed by atoms with Crippen LogP contribution in [0.1, 0.15) is 37.5 Å². The van der Waals surface area contributed by atoms with Crippen molar-refractivity contribution >= 4 is 23.6 Å². The van der Waals surface area contributed by atoms with Gasteiger partial charge >= 0.3 is 6.03 Å². The summed E-state index contributed by atoms with van der Waals surface area (Å²) in [5, 5.41) is 5.57. The van der Waals surface area contributed by atoms with Crippen LogP contribution in [0.3, 0.4) is 0 Å². The highest BCUT2D eigenvalue weighted by Crippen LogP contribution is 2.22. The highest BCUT2D eigenvalue weighted by atomic mass is 16.5. The summed E-state index contributed by atoms with van der Waals surface area (Å²) >= 11 is 0. The number of carbonyl (C=O) groups is 2. The fourth-order valence-corrected chi connectivity index (χ4v) is 3.70. The Balaban J connectivity index is 0.000000405. The summed E-state index contributed by atoms with van der Waals surface area (Å²) in [4.78, 5) is 30.1. The Morgan fingerprint density at radius 3 is 2.22 bits per heavy atom. The van der Waals surface area contributed by atoms with Crippen molar-refractivity contribution in [2.75, 3.05) is 12.4 Å². The lowest BCUT2D eigenvalue weighted by atomic mass is 10.1. The minimum atomic E-state index is -0.815. The van der Waals surface area contributed by atoms with Crippen LogP contribution in [0.15, 0.2) is 83.9 Å². The van der Waals surface area contributed by atoms with Crippen molar-refractivity contribution in [3.63, 3.8) is 0 Å². The van der Waals surface area contributed by atoms with Gasteiger partial charge in [0, 0.05) is 18.3 Å². The van der Waals surface area contributed by atoms with Crippen molar-refractivity contribution in [1.29, 1.82) is 0 Å². The number of rotatable bonds is 7. The molecule has 0 spiro atoms. The van der Waals surface area contributed by atoms with Crippen LogP contribution in [0, 0.1) is 0 Å². The number of carbonyl (C=O) groups excluding carboxylic acids is 2. The number of anilines is 1. The second-order valence-electron chi connectivity index (χ2n) is 9.12. The molecule has 3 aromatic carbocycles. The van der Waals surface area contributed by atoms with Crippen LogP contribution >= 0.6 is 0 Å². The molecule has 8 heteroatoms. The molecule has 4 N–H and O–H groups in total. The molecular formula is C29H35N5O3. The summed E-state index contributed by atoms with van der Waals surface area (Å²) in [6.07, 6.45) is 1.14. The Hall–Kier alpha value is -4.33. The van der Waals surface area contributed by atoms with E-state index in [4.69, 9.17) is 10.5 Å². The number of benzene rings is 3. The molecule has 0 radical (unpaired) electrons. The fraction of sp³-hybridized carbons (Fsp3) is 0.276. The van der Waals surface area contributed by atoms with Gasteiger partial charge in [-0.05, 0) is 49.1 Å². The van der Waals surface area contributed by atoms with Crippen LogP contribution in [0.5, 0.6) is 5.75 Å². The summed E-state index contributed by atoms with van der Waals surface area (Å²) < 4.78 is 5.14. The molecule has 8 nitrogen and oxygen atoms in total. The van der Waals surface area contributed by atoms with Crippen LogP contribution in [-0.2, 0) is 24.3 Å². The molecule has 1 aliphatic rings. The number of hydrogen-bond donors (Lipinski definition) is 3. The summed E-state index contributed by atoms with van der Waals surface area (Å²) in [5.74, 6) is 0.791. The monoisotopic (exact) mass is 501 g/mol. The van der Waals surface area contributed by atoms with Crippen molar-refractivity contribution < 1.29 is 14.3 Å². The Morgan fingerprint density at radius 2 is 1.65 bits per heavy atom. The van der Waals surface area contributed by atoms with Gasteiger partial charge in [-0.25, -0.2) is 9.79 Å². The molecule has 194 valence electrons. The number of nitrogens with one attached hydrogen (secondary N) is 2. The van der Waals surface area contributed by atoms with Crippen LogP contribution in [-0.4, -0.2) is 35.4 Å². The number of nitrogens with zero attached hydrogens (tertiary/aromatic N) is 2. The van der Waals surface area contributed by atoms with E-state index in [-0.39, 0.29) is 17.9 Å². The number of guanidine groups is 1. The first-order valence-corrected chi connectivity index (χ1v) is 12.2. The largest absolute Gasteiger partial charge is 0.497 e. The SMILES string of the molecule is CCc1ccccc1.COc1cccc(NC(=O)NCc2ccc(CN3C(=O)C(C)(C)N=C3N)cc2)c1. The molecule has 0 aromatic heterocycles. The van der Waals surface area contributed by atoms with Gasteiger partial charge in [0.25, 0.3) is 5.91 Å². The molecule has 1 aliphatic heterocycles. The predicted octanol–water partition coefficient (Wildman–Crippen LogP) is 4.70. The van der Waals surface area contributed by atoms with Crippen molar-refractivity contribution in [2.24, 2.45) is 10.7 Å². The van der Waals surface area contributed by atoms with E-state index in [9.17, 15) is 9.59 Å². The molecule has 3 aromatic rings. The maximum atomic E-state index is 12.3. The standard InChI is InChI=1S/C21H25N5O3.C8H10/c1-21(2)18(27)26(19(22)25-21)13-15-9-7-14(8-10-15)12-23-20(28)24-16-5-4-6-17(11-16)29-3;1-2-8-6-4-3-5-7-8/h4-11H,12-13H2,1-3H3,(H2,22,25)(H2,23,24,28);3-7H,2H2,1H3. The second kappa shape index (κ2) is 12.6. The van der Waals surface area contributed by atoms with Crippen molar-refractivity contribution in [3.05, 3.63) is 95.6 Å². The molecule has 0 unspecified atom stereocenters. The maximum absolute atomic E-state index is 12.3. The smallest absolute Gasteiger partial charge is 0.319 e. The summed E-state index contributed by atoms with van der Waals surface area (Å²) in [7, 11) is 1.57. The van der Waals surface area contributed by atoms with E-state index in [1.807, 2.05) is 30.3 Å². The highest BCUT2D eigenvalue weighted by molar-refractivity contribution is 6.06. The first-order valence-electron chi connectivity index (χ1n) is 12.2. The number of nitrogens with two attached hydrogens (primary N) is 1. The molecule has 0 fully saturated rings. The van der Waals surface area contributed by atoms with E-state index in [1.54, 1.807) is 45.2 Å². The average molecular weight is 502 g/mol. The number of amides is 3. The second-order valence-corrected chi connectivity index (χ2v) is 9.12. The van der Waals surface area contributed by atoms with Gasteiger partial charge in [0.15, 0.2) is 5.96 Å². The minimum absolute atomic E-state index is 0.116. The molecule has 1 heterocycles. The third kappa shape index (κ3) is 7.83. The van der Waals surface area contributed by atoms with Crippen molar-refractivity contribution in [3.8, 4) is 5.75 Å². The third-order valence-corrected chi connectivity index (χ3v) is 5.83. The predicted molar refractivity (Wildman–Crippen MR) is 147 cm³/mol. The van der Waals surface area contributed by atoms with E-state index in [1.165, 1.54) is 10.5 Å². The Bertz CT molecular complexity index is 1220. The van der Waals surface area contributed by atoms with Gasteiger partial charge in [0.2, 0.25) is 0 Å². The van der Waals surface area contributed by atoms with E-state index in [0.29, 0.717) is 24.5 Å². The molecule has 0 atom stereocenters. The van der Waals surface area contributed by atoms with Gasteiger partial charge in [-0.3, -0.25) is 9.69 Å². The topological polar surface area (TPSA) is 109 Å². The van der Waals surface area contributed by atoms with Crippen LogP contribution in [0.25, 0.3) is 0 Å². The number of methoxy groups -OCH3 is 1. The van der Waals surface area contributed by atoms with Gasteiger partial charge in [-0.15, -0.1) is 0 Å². The molecule has 0 bridgehead atoms. The quantitative estimate of drug-likeness (QED) is 0.436. The first kappa shape index (κ1) is 27.3. The zero-order chi connectivity index (χ0) is 26.8. The van der Waals surface area contributed by atoms with E-state index in [2.05, 4.69) is 46.8 Å². The summed E-state index contributed by atoms with van der Waals surface area (Å²) in [6, 6.07) is 24.9. The first-order chi connectivity index (χ1) is 17.7. The molecular weight excluding hydrogens is 466 g/mol. The van der Waals surface area contributed by atoms with Gasteiger partial charge in [-0.1, -0.05) is 67.6 Å². The number of urea groups is 1. The molecule has 0 aliphatic carbocycles. The Labute approximate surface area is 218 Å². The highest BCUT2D eigenvalue weighted by Gasteiger charge is 2.39. The molecule has 3 amide bonds. The minimum Gasteiger partial charge on any atom is -0.497 e. The van der Waals surface area contributed by atoms with Crippen LogP contribution in [0.2, 0.25) is 0 Å². The number of hydrogen-bond acceptors (Lipinski definition) is 5. The van der Waals surface area contributed by atoms with Crippen LogP contribution in [0.4, 0.5) is 10.5 Å². The molecule has 0 saturated heterocycles. The van der Waals surface area contributed by atoms with E-state index >= 15 is 0 Å². The fourth-order valence-electron chi connectivity index (χ4n) is 3.70. The average Bonchev–Trinajstić information content (AvgIpc) is 3.10. The lowest BCUT2D eigenvalue weighted by Gasteiger charge is -2.19. The lowest BCUT2D eigenvalue weighted by Crippen LogP contribution is -2.41.